The number of aromatic nitrogens is 2. The van der Waals surface area contributed by atoms with Crippen molar-refractivity contribution in [1.29, 1.82) is 0 Å². The van der Waals surface area contributed by atoms with Crippen molar-refractivity contribution >= 4 is 22.6 Å². The van der Waals surface area contributed by atoms with Gasteiger partial charge in [0, 0.05) is 12.3 Å². The highest BCUT2D eigenvalue weighted by atomic mass is 127. The van der Waals surface area contributed by atoms with Crippen molar-refractivity contribution in [2.24, 2.45) is 0 Å². The number of halogens is 1. The summed E-state index contributed by atoms with van der Waals surface area (Å²) in [7, 11) is 0. The summed E-state index contributed by atoms with van der Waals surface area (Å²) in [6.45, 7) is 0. The number of nitrogens with zero attached hydrogens (tertiary/aromatic N) is 2. The van der Waals surface area contributed by atoms with E-state index in [1.54, 1.807) is 6.20 Å². The normalized spacial score (nSPS) is 10.1. The average Bonchev–Trinajstić information content (AvgIpc) is 2.54. The summed E-state index contributed by atoms with van der Waals surface area (Å²) in [5.41, 5.74) is 0.813. The van der Waals surface area contributed by atoms with Gasteiger partial charge in [-0.3, -0.25) is 4.98 Å². The zero-order valence-electron chi connectivity index (χ0n) is 6.07. The molecule has 2 heterocycles. The van der Waals surface area contributed by atoms with Gasteiger partial charge in [-0.25, -0.2) is 0 Å². The Bertz CT molecular complexity index is 372. The van der Waals surface area contributed by atoms with Gasteiger partial charge in [-0.05, 0) is 34.7 Å². The molecule has 2 aromatic heterocycles. The second kappa shape index (κ2) is 3.22. The number of pyridine rings is 1. The topological polar surface area (TPSA) is 38.9 Å². The molecule has 0 aliphatic carbocycles. The molecule has 4 heteroatoms. The van der Waals surface area contributed by atoms with E-state index in [9.17, 15) is 0 Å². The summed E-state index contributed by atoms with van der Waals surface area (Å²) in [5, 5.41) is 3.76. The zero-order chi connectivity index (χ0) is 8.39. The molecule has 0 unspecified atom stereocenters. The fourth-order valence-electron chi connectivity index (χ4n) is 0.883. The van der Waals surface area contributed by atoms with E-state index in [4.69, 9.17) is 4.52 Å². The van der Waals surface area contributed by atoms with Crippen LogP contribution in [0.2, 0.25) is 0 Å². The first kappa shape index (κ1) is 7.72. The lowest BCUT2D eigenvalue weighted by molar-refractivity contribution is 0.426. The quantitative estimate of drug-likeness (QED) is 0.748. The Balaban J connectivity index is 2.45. The van der Waals surface area contributed by atoms with Crippen molar-refractivity contribution in [3.63, 3.8) is 0 Å². The maximum atomic E-state index is 5.03. The van der Waals surface area contributed by atoms with Gasteiger partial charge in [0.05, 0.1) is 0 Å². The predicted molar refractivity (Wildman–Crippen MR) is 52.5 cm³/mol. The second-order valence-electron chi connectivity index (χ2n) is 2.23. The molecule has 0 aliphatic rings. The van der Waals surface area contributed by atoms with Crippen molar-refractivity contribution in [3.05, 3.63) is 34.2 Å². The smallest absolute Gasteiger partial charge is 0.186 e. The molecule has 0 amide bonds. The SMILES string of the molecule is Ic1cc(-c2ccccn2)on1. The first-order valence-corrected chi connectivity index (χ1v) is 4.48. The molecule has 0 N–H and O–H groups in total. The molecule has 0 saturated carbocycles. The molecule has 0 aliphatic heterocycles. The summed E-state index contributed by atoms with van der Waals surface area (Å²) in [6, 6.07) is 7.52. The molecule has 3 nitrogen and oxygen atoms in total. The third kappa shape index (κ3) is 1.47. The third-order valence-electron chi connectivity index (χ3n) is 1.40. The van der Waals surface area contributed by atoms with Gasteiger partial charge in [0.25, 0.3) is 0 Å². The highest BCUT2D eigenvalue weighted by Gasteiger charge is 2.03. The van der Waals surface area contributed by atoms with Crippen molar-refractivity contribution in [1.82, 2.24) is 10.1 Å². The fraction of sp³-hybridized carbons (Fsp3) is 0. The first-order chi connectivity index (χ1) is 5.86. The standard InChI is InChI=1S/C8H5IN2O/c9-8-5-7(12-11-8)6-3-1-2-4-10-6/h1-5H. The molecular formula is C8H5IN2O. The maximum Gasteiger partial charge on any atom is 0.186 e. The van der Waals surface area contributed by atoms with Crippen molar-refractivity contribution in [2.75, 3.05) is 0 Å². The van der Waals surface area contributed by atoms with E-state index >= 15 is 0 Å². The highest BCUT2D eigenvalue weighted by Crippen LogP contribution is 2.17. The van der Waals surface area contributed by atoms with E-state index in [1.165, 1.54) is 0 Å². The molecule has 2 rings (SSSR count). The van der Waals surface area contributed by atoms with Crippen LogP contribution in [0.25, 0.3) is 11.5 Å². The first-order valence-electron chi connectivity index (χ1n) is 3.40. The van der Waals surface area contributed by atoms with E-state index in [0.717, 1.165) is 9.39 Å². The Labute approximate surface area is 82.9 Å². The fourth-order valence-corrected chi connectivity index (χ4v) is 1.26. The van der Waals surface area contributed by atoms with Gasteiger partial charge in [0.2, 0.25) is 0 Å². The van der Waals surface area contributed by atoms with Crippen LogP contribution in [-0.2, 0) is 0 Å². The summed E-state index contributed by atoms with van der Waals surface area (Å²) in [5.74, 6) is 0.708. The molecule has 60 valence electrons. The maximum absolute atomic E-state index is 5.03. The largest absolute Gasteiger partial charge is 0.354 e. The Hall–Kier alpha value is -0.910. The van der Waals surface area contributed by atoms with Gasteiger partial charge in [-0.1, -0.05) is 11.2 Å². The lowest BCUT2D eigenvalue weighted by atomic mass is 10.3. The van der Waals surface area contributed by atoms with Crippen LogP contribution in [-0.4, -0.2) is 10.1 Å². The zero-order valence-corrected chi connectivity index (χ0v) is 8.22. The van der Waals surface area contributed by atoms with Crippen molar-refractivity contribution in [2.45, 2.75) is 0 Å². The van der Waals surface area contributed by atoms with Gasteiger partial charge < -0.3 is 4.52 Å². The van der Waals surface area contributed by atoms with E-state index in [-0.39, 0.29) is 0 Å². The highest BCUT2D eigenvalue weighted by molar-refractivity contribution is 14.1. The van der Waals surface area contributed by atoms with Gasteiger partial charge in [0.15, 0.2) is 5.76 Å². The van der Waals surface area contributed by atoms with Gasteiger partial charge in [-0.15, -0.1) is 0 Å². The minimum atomic E-state index is 0.708. The lowest BCUT2D eigenvalue weighted by Gasteiger charge is -1.89. The molecule has 0 bridgehead atoms. The van der Waals surface area contributed by atoms with Crippen LogP contribution in [0.15, 0.2) is 35.0 Å². The summed E-state index contributed by atoms with van der Waals surface area (Å²) in [6.07, 6.45) is 1.73. The van der Waals surface area contributed by atoms with Crippen LogP contribution in [0.5, 0.6) is 0 Å². The average molecular weight is 272 g/mol. The summed E-state index contributed by atoms with van der Waals surface area (Å²) in [4.78, 5) is 4.13. The van der Waals surface area contributed by atoms with E-state index in [0.29, 0.717) is 5.76 Å². The van der Waals surface area contributed by atoms with E-state index in [2.05, 4.69) is 32.7 Å². The van der Waals surface area contributed by atoms with Crippen LogP contribution in [0.3, 0.4) is 0 Å². The van der Waals surface area contributed by atoms with Crippen molar-refractivity contribution < 1.29 is 4.52 Å². The minimum absolute atomic E-state index is 0.708. The Morgan fingerprint density at radius 1 is 1.33 bits per heavy atom. The second-order valence-corrected chi connectivity index (χ2v) is 3.33. The molecule has 12 heavy (non-hydrogen) atoms. The molecular weight excluding hydrogens is 267 g/mol. The van der Waals surface area contributed by atoms with Crippen LogP contribution >= 0.6 is 22.6 Å². The molecule has 0 radical (unpaired) electrons. The molecule has 0 aromatic carbocycles. The number of rotatable bonds is 1. The lowest BCUT2D eigenvalue weighted by Crippen LogP contribution is -1.76. The van der Waals surface area contributed by atoms with E-state index < -0.39 is 0 Å². The summed E-state index contributed by atoms with van der Waals surface area (Å²) < 4.78 is 5.87. The van der Waals surface area contributed by atoms with Crippen LogP contribution in [0, 0.1) is 3.70 Å². The Morgan fingerprint density at radius 3 is 2.83 bits per heavy atom. The number of hydrogen-bond acceptors (Lipinski definition) is 3. The van der Waals surface area contributed by atoms with Crippen LogP contribution in [0.4, 0.5) is 0 Å². The Kier molecular flexibility index (Phi) is 2.07. The Morgan fingerprint density at radius 2 is 2.25 bits per heavy atom. The van der Waals surface area contributed by atoms with E-state index in [1.807, 2.05) is 24.3 Å². The van der Waals surface area contributed by atoms with Crippen LogP contribution < -0.4 is 0 Å². The van der Waals surface area contributed by atoms with Gasteiger partial charge in [0.1, 0.15) is 9.39 Å². The predicted octanol–water partition coefficient (Wildman–Crippen LogP) is 2.34. The third-order valence-corrected chi connectivity index (χ3v) is 1.91. The molecule has 0 fully saturated rings. The molecule has 0 saturated heterocycles. The number of hydrogen-bond donors (Lipinski definition) is 0. The minimum Gasteiger partial charge on any atom is -0.354 e. The van der Waals surface area contributed by atoms with Crippen LogP contribution in [0.1, 0.15) is 0 Å². The molecule has 0 atom stereocenters. The monoisotopic (exact) mass is 272 g/mol. The summed E-state index contributed by atoms with van der Waals surface area (Å²) >= 11 is 2.09. The molecule has 0 spiro atoms. The van der Waals surface area contributed by atoms with Gasteiger partial charge >= 0.3 is 0 Å². The molecule has 2 aromatic rings. The van der Waals surface area contributed by atoms with Crippen molar-refractivity contribution in [3.8, 4) is 11.5 Å². The van der Waals surface area contributed by atoms with Gasteiger partial charge in [-0.2, -0.15) is 0 Å².